The van der Waals surface area contributed by atoms with E-state index in [0.29, 0.717) is 6.42 Å². The molecule has 0 aromatic heterocycles. The second-order valence-electron chi connectivity index (χ2n) is 7.47. The van der Waals surface area contributed by atoms with Gasteiger partial charge in [0.25, 0.3) is 5.91 Å². The fraction of sp³-hybridized carbons (Fsp3) is 0.400. The maximum absolute atomic E-state index is 13.3. The van der Waals surface area contributed by atoms with Crippen molar-refractivity contribution < 1.29 is 33.9 Å². The summed E-state index contributed by atoms with van der Waals surface area (Å²) in [6.07, 6.45) is 0.142. The first kappa shape index (κ1) is 24.0. The number of carbonyl (C=O) groups excluding carboxylic acids is 5. The van der Waals surface area contributed by atoms with Gasteiger partial charge < -0.3 is 15.2 Å². The Morgan fingerprint density at radius 3 is 2.61 bits per heavy atom. The van der Waals surface area contributed by atoms with Gasteiger partial charge in [-0.3, -0.25) is 24.6 Å². The van der Waals surface area contributed by atoms with Crippen LogP contribution in [-0.4, -0.2) is 81.3 Å². The van der Waals surface area contributed by atoms with Crippen molar-refractivity contribution in [1.29, 1.82) is 0 Å². The van der Waals surface area contributed by atoms with Gasteiger partial charge in [0.1, 0.15) is 12.3 Å². The highest BCUT2D eigenvalue weighted by Crippen LogP contribution is 2.24. The summed E-state index contributed by atoms with van der Waals surface area (Å²) >= 11 is 6.04. The number of nitrogens with zero attached hydrogens (tertiary/aromatic N) is 3. The molecule has 2 heterocycles. The number of hydrogen-bond donors (Lipinski definition) is 3. The Morgan fingerprint density at radius 2 is 1.94 bits per heavy atom. The SMILES string of the molecule is O=CC(CC(=O)O)NC(=O)C1CCCN2C(=O)CCN(NC(=O)c3ccccc3Cl)C(=O)N12. The van der Waals surface area contributed by atoms with Gasteiger partial charge in [-0.2, -0.15) is 0 Å². The summed E-state index contributed by atoms with van der Waals surface area (Å²) in [5, 5.41) is 14.4. The molecule has 3 rings (SSSR count). The number of hydrazine groups is 2. The second kappa shape index (κ2) is 10.3. The van der Waals surface area contributed by atoms with Crippen LogP contribution < -0.4 is 10.7 Å². The van der Waals surface area contributed by atoms with Gasteiger partial charge >= 0.3 is 12.0 Å². The maximum Gasteiger partial charge on any atom is 0.358 e. The highest BCUT2D eigenvalue weighted by atomic mass is 35.5. The first-order valence-electron chi connectivity index (χ1n) is 10.2. The lowest BCUT2D eigenvalue weighted by Crippen LogP contribution is -2.64. The monoisotopic (exact) mass is 479 g/mol. The van der Waals surface area contributed by atoms with Crippen molar-refractivity contribution in [3.63, 3.8) is 0 Å². The predicted octanol–water partition coefficient (Wildman–Crippen LogP) is 0.177. The molecule has 1 aromatic rings. The van der Waals surface area contributed by atoms with Crippen molar-refractivity contribution in [1.82, 2.24) is 25.8 Å². The smallest absolute Gasteiger partial charge is 0.358 e. The molecular weight excluding hydrogens is 458 g/mol. The van der Waals surface area contributed by atoms with Gasteiger partial charge in [-0.1, -0.05) is 23.7 Å². The quantitative estimate of drug-likeness (QED) is 0.471. The number of aliphatic carboxylic acids is 1. The molecule has 33 heavy (non-hydrogen) atoms. The molecule has 1 aromatic carbocycles. The van der Waals surface area contributed by atoms with Crippen molar-refractivity contribution >= 4 is 47.6 Å². The van der Waals surface area contributed by atoms with Crippen LogP contribution in [0.2, 0.25) is 5.02 Å². The van der Waals surface area contributed by atoms with Crippen LogP contribution in [-0.2, 0) is 19.2 Å². The van der Waals surface area contributed by atoms with E-state index >= 15 is 0 Å². The number of rotatable bonds is 7. The Hall–Kier alpha value is -3.67. The van der Waals surface area contributed by atoms with E-state index in [0.717, 1.165) is 15.0 Å². The molecule has 176 valence electrons. The molecule has 5 amide bonds. The minimum atomic E-state index is -1.29. The molecule has 0 spiro atoms. The number of urea groups is 1. The van der Waals surface area contributed by atoms with Crippen LogP contribution in [0.4, 0.5) is 4.79 Å². The number of aldehydes is 1. The van der Waals surface area contributed by atoms with E-state index in [1.807, 2.05) is 0 Å². The number of amides is 5. The van der Waals surface area contributed by atoms with Crippen LogP contribution in [0.3, 0.4) is 0 Å². The van der Waals surface area contributed by atoms with Crippen molar-refractivity contribution in [3.05, 3.63) is 34.9 Å². The maximum atomic E-state index is 13.3. The second-order valence-corrected chi connectivity index (χ2v) is 7.88. The van der Waals surface area contributed by atoms with Crippen molar-refractivity contribution in [2.45, 2.75) is 37.8 Å². The third-order valence-electron chi connectivity index (χ3n) is 5.21. The molecule has 0 radical (unpaired) electrons. The number of fused-ring (bicyclic) bond motifs is 1. The standard InChI is InChI=1S/C20H22ClN5O7/c21-14-5-2-1-4-13(14)18(31)23-24-9-7-16(28)25-8-3-6-15(26(25)20(24)33)19(32)22-12(11-27)10-17(29)30/h1-2,4-5,11-12,15H,3,6-10H2,(H,22,32)(H,23,31)(H,29,30). The van der Waals surface area contributed by atoms with E-state index in [2.05, 4.69) is 10.7 Å². The van der Waals surface area contributed by atoms with E-state index in [9.17, 15) is 28.8 Å². The Morgan fingerprint density at radius 1 is 1.21 bits per heavy atom. The number of carboxylic acids is 1. The number of carboxylic acid groups (broad SMARTS) is 1. The Bertz CT molecular complexity index is 987. The zero-order valence-corrected chi connectivity index (χ0v) is 18.2. The van der Waals surface area contributed by atoms with Crippen LogP contribution in [0.1, 0.15) is 36.0 Å². The van der Waals surface area contributed by atoms with Gasteiger partial charge in [0.2, 0.25) is 11.8 Å². The molecule has 13 heteroatoms. The molecule has 2 fully saturated rings. The van der Waals surface area contributed by atoms with E-state index in [-0.39, 0.29) is 42.8 Å². The van der Waals surface area contributed by atoms with Gasteiger partial charge in [0.05, 0.1) is 29.6 Å². The van der Waals surface area contributed by atoms with E-state index in [1.54, 1.807) is 12.1 Å². The number of halogens is 1. The largest absolute Gasteiger partial charge is 0.481 e. The summed E-state index contributed by atoms with van der Waals surface area (Å²) in [5.74, 6) is -3.16. The molecule has 2 saturated heterocycles. The average molecular weight is 480 g/mol. The van der Waals surface area contributed by atoms with Gasteiger partial charge in [-0.05, 0) is 25.0 Å². The summed E-state index contributed by atoms with van der Waals surface area (Å²) in [4.78, 5) is 73.5. The molecule has 0 saturated carbocycles. The van der Waals surface area contributed by atoms with Crippen LogP contribution in [0.5, 0.6) is 0 Å². The number of benzene rings is 1. The Kier molecular flexibility index (Phi) is 7.48. The van der Waals surface area contributed by atoms with Crippen molar-refractivity contribution in [2.75, 3.05) is 13.1 Å². The summed E-state index contributed by atoms with van der Waals surface area (Å²) in [6, 6.07) is 2.93. The van der Waals surface area contributed by atoms with Crippen LogP contribution in [0, 0.1) is 0 Å². The first-order valence-corrected chi connectivity index (χ1v) is 10.5. The summed E-state index contributed by atoms with van der Waals surface area (Å²) < 4.78 is 0. The molecule has 2 aliphatic heterocycles. The van der Waals surface area contributed by atoms with E-state index in [4.69, 9.17) is 16.7 Å². The van der Waals surface area contributed by atoms with Crippen LogP contribution >= 0.6 is 11.6 Å². The first-order chi connectivity index (χ1) is 15.7. The Labute approximate surface area is 193 Å². The minimum absolute atomic E-state index is 0.102. The highest BCUT2D eigenvalue weighted by molar-refractivity contribution is 6.33. The number of carbonyl (C=O) groups is 6. The normalized spacial score (nSPS) is 19.3. The summed E-state index contributed by atoms with van der Waals surface area (Å²) in [6.45, 7) is 0.0536. The average Bonchev–Trinajstić information content (AvgIpc) is 2.90. The molecule has 12 nitrogen and oxygen atoms in total. The van der Waals surface area contributed by atoms with Gasteiger partial charge in [0.15, 0.2) is 0 Å². The van der Waals surface area contributed by atoms with Crippen LogP contribution in [0.15, 0.2) is 24.3 Å². The minimum Gasteiger partial charge on any atom is -0.481 e. The molecule has 0 bridgehead atoms. The van der Waals surface area contributed by atoms with Crippen molar-refractivity contribution in [3.8, 4) is 0 Å². The lowest BCUT2D eigenvalue weighted by Gasteiger charge is -2.42. The zero-order chi connectivity index (χ0) is 24.1. The summed E-state index contributed by atoms with van der Waals surface area (Å²) in [7, 11) is 0. The topological polar surface area (TPSA) is 156 Å². The number of nitrogens with one attached hydrogen (secondary N) is 2. The molecular formula is C20H22ClN5O7. The Balaban J connectivity index is 1.82. The highest BCUT2D eigenvalue weighted by Gasteiger charge is 2.44. The van der Waals surface area contributed by atoms with E-state index in [1.165, 1.54) is 12.1 Å². The molecule has 2 aliphatic rings. The fourth-order valence-corrected chi connectivity index (χ4v) is 3.87. The lowest BCUT2D eigenvalue weighted by atomic mass is 10.1. The lowest BCUT2D eigenvalue weighted by molar-refractivity contribution is -0.155. The fourth-order valence-electron chi connectivity index (χ4n) is 3.64. The molecule has 2 unspecified atom stereocenters. The van der Waals surface area contributed by atoms with Crippen LogP contribution in [0.25, 0.3) is 0 Å². The third-order valence-corrected chi connectivity index (χ3v) is 5.54. The predicted molar refractivity (Wildman–Crippen MR) is 112 cm³/mol. The molecule has 2 atom stereocenters. The third kappa shape index (κ3) is 5.40. The van der Waals surface area contributed by atoms with Gasteiger partial charge in [-0.25, -0.2) is 19.8 Å². The summed E-state index contributed by atoms with van der Waals surface area (Å²) in [5.41, 5.74) is 2.55. The molecule has 3 N–H and O–H groups in total. The van der Waals surface area contributed by atoms with E-state index < -0.39 is 48.2 Å². The van der Waals surface area contributed by atoms with Crippen molar-refractivity contribution in [2.24, 2.45) is 0 Å². The molecule has 0 aliphatic carbocycles. The van der Waals surface area contributed by atoms with Gasteiger partial charge in [-0.15, -0.1) is 0 Å². The zero-order valence-electron chi connectivity index (χ0n) is 17.4. The number of hydrogen-bond acceptors (Lipinski definition) is 6. The van der Waals surface area contributed by atoms with Gasteiger partial charge in [0, 0.05) is 13.0 Å².